The van der Waals surface area contributed by atoms with E-state index < -0.39 is 11.2 Å². The maximum absolute atomic E-state index is 12.8. The van der Waals surface area contributed by atoms with Gasteiger partial charge in [-0.25, -0.2) is 14.2 Å². The van der Waals surface area contributed by atoms with Gasteiger partial charge in [-0.1, -0.05) is 12.1 Å². The molecule has 1 aromatic carbocycles. The van der Waals surface area contributed by atoms with Crippen molar-refractivity contribution >= 4 is 12.0 Å². The van der Waals surface area contributed by atoms with Crippen LogP contribution >= 0.6 is 0 Å². The molecule has 0 spiro atoms. The van der Waals surface area contributed by atoms with E-state index in [4.69, 9.17) is 0 Å². The van der Waals surface area contributed by atoms with Gasteiger partial charge in [-0.2, -0.15) is 5.10 Å². The second-order valence-corrected chi connectivity index (χ2v) is 4.37. The number of benzene rings is 1. The van der Waals surface area contributed by atoms with Gasteiger partial charge in [-0.05, 0) is 24.6 Å². The Balaban J connectivity index is 2.30. The third-order valence-corrected chi connectivity index (χ3v) is 2.92. The molecule has 2 aromatic rings. The normalized spacial score (nSPS) is 11.0. The number of H-pyrrole nitrogens is 1. The summed E-state index contributed by atoms with van der Waals surface area (Å²) >= 11 is 0. The first-order chi connectivity index (χ1) is 10.0. The van der Waals surface area contributed by atoms with Gasteiger partial charge >= 0.3 is 5.69 Å². The Morgan fingerprint density at radius 2 is 2.00 bits per heavy atom. The number of aromatic amines is 1. The van der Waals surface area contributed by atoms with Crippen molar-refractivity contribution in [2.45, 2.75) is 6.92 Å². The molecule has 110 valence electrons. The van der Waals surface area contributed by atoms with E-state index in [9.17, 15) is 14.0 Å². The molecule has 2 rings (SSSR count). The highest BCUT2D eigenvalue weighted by Crippen LogP contribution is 2.06. The van der Waals surface area contributed by atoms with Crippen LogP contribution in [0.4, 0.5) is 10.2 Å². The van der Waals surface area contributed by atoms with Gasteiger partial charge in [0.15, 0.2) is 0 Å². The van der Waals surface area contributed by atoms with Crippen molar-refractivity contribution in [2.24, 2.45) is 12.1 Å². The molecule has 21 heavy (non-hydrogen) atoms. The van der Waals surface area contributed by atoms with Gasteiger partial charge in [0.2, 0.25) is 0 Å². The highest BCUT2D eigenvalue weighted by Gasteiger charge is 2.06. The number of halogens is 1. The average molecular weight is 290 g/mol. The van der Waals surface area contributed by atoms with Crippen LogP contribution in [0.15, 0.2) is 45.0 Å². The number of hydrogen-bond acceptors (Lipinski definition) is 4. The van der Waals surface area contributed by atoms with Crippen molar-refractivity contribution in [1.29, 1.82) is 0 Å². The van der Waals surface area contributed by atoms with E-state index in [1.54, 1.807) is 12.1 Å². The van der Waals surface area contributed by atoms with Crippen LogP contribution in [0.5, 0.6) is 0 Å². The Labute approximate surface area is 120 Å². The third kappa shape index (κ3) is 3.44. The van der Waals surface area contributed by atoms with Gasteiger partial charge < -0.3 is 0 Å². The lowest BCUT2D eigenvalue weighted by molar-refractivity contribution is 0.628. The van der Waals surface area contributed by atoms with Gasteiger partial charge in [-0.15, -0.1) is 0 Å². The molecule has 0 unspecified atom stereocenters. The average Bonchev–Trinajstić information content (AvgIpc) is 2.47. The van der Waals surface area contributed by atoms with Crippen LogP contribution in [0.1, 0.15) is 12.5 Å². The summed E-state index contributed by atoms with van der Waals surface area (Å²) in [4.78, 5) is 25.8. The van der Waals surface area contributed by atoms with Crippen LogP contribution in [0.25, 0.3) is 0 Å². The van der Waals surface area contributed by atoms with E-state index in [0.29, 0.717) is 17.9 Å². The zero-order chi connectivity index (χ0) is 15.4. The number of anilines is 1. The topological polar surface area (TPSA) is 70.5 Å². The molecule has 0 aliphatic heterocycles. The quantitative estimate of drug-likeness (QED) is 0.676. The van der Waals surface area contributed by atoms with Crippen LogP contribution in [0.2, 0.25) is 0 Å². The summed E-state index contributed by atoms with van der Waals surface area (Å²) in [6.07, 6.45) is 1.53. The minimum absolute atomic E-state index is 0.309. The molecular weight excluding hydrogens is 275 g/mol. The molecule has 1 heterocycles. The molecule has 0 aliphatic rings. The first kappa shape index (κ1) is 14.7. The fourth-order valence-corrected chi connectivity index (χ4v) is 1.68. The Morgan fingerprint density at radius 1 is 1.33 bits per heavy atom. The summed E-state index contributed by atoms with van der Waals surface area (Å²) in [5, 5.41) is 5.67. The highest BCUT2D eigenvalue weighted by atomic mass is 19.1. The summed E-state index contributed by atoms with van der Waals surface area (Å²) in [7, 11) is 1.39. The van der Waals surface area contributed by atoms with Crippen LogP contribution < -0.4 is 16.3 Å². The second-order valence-electron chi connectivity index (χ2n) is 4.37. The number of aromatic nitrogens is 2. The molecule has 0 bridgehead atoms. The zero-order valence-electron chi connectivity index (χ0n) is 11.7. The van der Waals surface area contributed by atoms with Crippen LogP contribution in [-0.2, 0) is 7.05 Å². The van der Waals surface area contributed by atoms with Crippen LogP contribution in [0.3, 0.4) is 0 Å². The van der Waals surface area contributed by atoms with E-state index >= 15 is 0 Å². The Kier molecular flexibility index (Phi) is 4.32. The molecule has 6 nitrogen and oxygen atoms in total. The molecule has 0 amide bonds. The van der Waals surface area contributed by atoms with E-state index in [-0.39, 0.29) is 5.82 Å². The fourth-order valence-electron chi connectivity index (χ4n) is 1.68. The van der Waals surface area contributed by atoms with Crippen LogP contribution in [0, 0.1) is 5.82 Å². The second kappa shape index (κ2) is 6.17. The maximum atomic E-state index is 12.8. The van der Waals surface area contributed by atoms with Gasteiger partial charge in [0.05, 0.1) is 6.21 Å². The molecule has 0 saturated carbocycles. The van der Waals surface area contributed by atoms with Gasteiger partial charge in [0, 0.05) is 19.7 Å². The largest absolute Gasteiger partial charge is 0.329 e. The Morgan fingerprint density at radius 3 is 2.57 bits per heavy atom. The molecule has 0 saturated heterocycles. The summed E-state index contributed by atoms with van der Waals surface area (Å²) in [5.41, 5.74) is -0.210. The van der Waals surface area contributed by atoms with Gasteiger partial charge in [0.1, 0.15) is 11.6 Å². The lowest BCUT2D eigenvalue weighted by Gasteiger charge is -2.16. The standard InChI is InChI=1S/C14H15FN4O2/c1-3-19(12-8-13(20)18(2)14(21)17-12)16-9-10-4-6-11(15)7-5-10/h4-9H,3H2,1-2H3,(H,17,21). The highest BCUT2D eigenvalue weighted by molar-refractivity contribution is 5.80. The molecule has 0 atom stereocenters. The van der Waals surface area contributed by atoms with Crippen molar-refractivity contribution < 1.29 is 4.39 Å². The molecule has 1 aromatic heterocycles. The molecule has 0 radical (unpaired) electrons. The number of rotatable bonds is 4. The zero-order valence-corrected chi connectivity index (χ0v) is 11.7. The summed E-state index contributed by atoms with van der Waals surface area (Å²) in [6.45, 7) is 2.29. The van der Waals surface area contributed by atoms with E-state index in [0.717, 1.165) is 4.57 Å². The minimum Gasteiger partial charge on any atom is -0.292 e. The van der Waals surface area contributed by atoms with Crippen molar-refractivity contribution in [2.75, 3.05) is 11.6 Å². The summed E-state index contributed by atoms with van der Waals surface area (Å²) < 4.78 is 13.8. The monoisotopic (exact) mass is 290 g/mol. The third-order valence-electron chi connectivity index (χ3n) is 2.92. The first-order valence-electron chi connectivity index (χ1n) is 6.38. The predicted octanol–water partition coefficient (Wildman–Crippen LogP) is 1.07. The number of nitrogens with one attached hydrogen (secondary N) is 1. The minimum atomic E-state index is -0.507. The summed E-state index contributed by atoms with van der Waals surface area (Å²) in [6, 6.07) is 7.13. The summed E-state index contributed by atoms with van der Waals surface area (Å²) in [5.74, 6) is -0.0145. The van der Waals surface area contributed by atoms with Crippen molar-refractivity contribution in [1.82, 2.24) is 9.55 Å². The molecule has 0 aliphatic carbocycles. The molecule has 1 N–H and O–H groups in total. The smallest absolute Gasteiger partial charge is 0.292 e. The van der Waals surface area contributed by atoms with Crippen molar-refractivity contribution in [3.63, 3.8) is 0 Å². The number of nitrogens with zero attached hydrogens (tertiary/aromatic N) is 3. The van der Waals surface area contributed by atoms with Gasteiger partial charge in [-0.3, -0.25) is 14.3 Å². The number of hydrazone groups is 1. The Bertz CT molecular complexity index is 731. The van der Waals surface area contributed by atoms with E-state index in [2.05, 4.69) is 10.1 Å². The lowest BCUT2D eigenvalue weighted by Crippen LogP contribution is -2.34. The lowest BCUT2D eigenvalue weighted by atomic mass is 10.2. The SMILES string of the molecule is CCN(N=Cc1ccc(F)cc1)c1cc(=O)n(C)c(=O)[nH]1. The number of hydrogen-bond donors (Lipinski definition) is 1. The molecule has 0 fully saturated rings. The van der Waals surface area contributed by atoms with Crippen LogP contribution in [-0.4, -0.2) is 22.3 Å². The van der Waals surface area contributed by atoms with Crippen molar-refractivity contribution in [3.8, 4) is 0 Å². The van der Waals surface area contributed by atoms with E-state index in [1.807, 2.05) is 6.92 Å². The molecular formula is C14H15FN4O2. The maximum Gasteiger partial charge on any atom is 0.329 e. The Hall–Kier alpha value is -2.70. The first-order valence-corrected chi connectivity index (χ1v) is 6.38. The fraction of sp³-hybridized carbons (Fsp3) is 0.214. The predicted molar refractivity (Wildman–Crippen MR) is 79.3 cm³/mol. The van der Waals surface area contributed by atoms with E-state index in [1.165, 1.54) is 36.5 Å². The van der Waals surface area contributed by atoms with Gasteiger partial charge in [0.25, 0.3) is 5.56 Å². The molecule has 7 heteroatoms. The van der Waals surface area contributed by atoms with Crippen molar-refractivity contribution in [3.05, 3.63) is 62.6 Å².